The van der Waals surface area contributed by atoms with E-state index in [2.05, 4.69) is 10.3 Å². The maximum atomic E-state index is 13.3. The minimum Gasteiger partial charge on any atom is -0.360 e. The Morgan fingerprint density at radius 1 is 1.31 bits per heavy atom. The molecule has 3 aliphatic rings. The summed E-state index contributed by atoms with van der Waals surface area (Å²) in [5, 5.41) is 3.57. The summed E-state index contributed by atoms with van der Waals surface area (Å²) in [4.78, 5) is 32.0. The first-order chi connectivity index (χ1) is 14.1. The van der Waals surface area contributed by atoms with Crippen molar-refractivity contribution in [1.29, 1.82) is 0 Å². The Morgan fingerprint density at radius 3 is 2.97 bits per heavy atom. The number of carbonyl (C=O) groups excluding carboxylic acids is 2. The Morgan fingerprint density at radius 2 is 2.17 bits per heavy atom. The molecule has 2 saturated heterocycles. The van der Waals surface area contributed by atoms with Crippen molar-refractivity contribution in [3.05, 3.63) is 77.1 Å². The number of aromatic nitrogens is 1. The molecule has 3 aliphatic heterocycles. The van der Waals surface area contributed by atoms with Gasteiger partial charge < -0.3 is 15.0 Å². The van der Waals surface area contributed by atoms with E-state index in [9.17, 15) is 9.59 Å². The third-order valence-corrected chi connectivity index (χ3v) is 6.36. The van der Waals surface area contributed by atoms with Crippen LogP contribution in [0.4, 0.5) is 0 Å². The highest BCUT2D eigenvalue weighted by Crippen LogP contribution is 2.52. The molecule has 1 spiro atoms. The molecule has 6 nitrogen and oxygen atoms in total. The van der Waals surface area contributed by atoms with Gasteiger partial charge in [-0.2, -0.15) is 0 Å². The molecule has 1 aromatic carbocycles. The van der Waals surface area contributed by atoms with Gasteiger partial charge in [-0.15, -0.1) is 0 Å². The second-order valence-electron chi connectivity index (χ2n) is 7.76. The van der Waals surface area contributed by atoms with Gasteiger partial charge in [-0.25, -0.2) is 0 Å². The second kappa shape index (κ2) is 6.97. The lowest BCUT2D eigenvalue weighted by Crippen LogP contribution is -2.43. The van der Waals surface area contributed by atoms with Crippen LogP contribution in [0.5, 0.6) is 0 Å². The molecule has 0 unspecified atom stereocenters. The monoisotopic (exact) mass is 409 g/mol. The van der Waals surface area contributed by atoms with Gasteiger partial charge in [0.25, 0.3) is 0 Å². The SMILES string of the molecule is O=C(NCc1cccnc1)[C@H]1[C@@H]2C=C[C@]3(CN(Cc4ccccc4Cl)C(=O)[C@H]13)O2. The number of benzene rings is 1. The first kappa shape index (κ1) is 18.3. The summed E-state index contributed by atoms with van der Waals surface area (Å²) in [6, 6.07) is 11.2. The maximum Gasteiger partial charge on any atom is 0.230 e. The Kier molecular flexibility index (Phi) is 4.41. The van der Waals surface area contributed by atoms with Crippen molar-refractivity contribution in [2.45, 2.75) is 24.8 Å². The number of fused-ring (bicyclic) bond motifs is 1. The summed E-state index contributed by atoms with van der Waals surface area (Å²) in [7, 11) is 0. The summed E-state index contributed by atoms with van der Waals surface area (Å²) >= 11 is 6.27. The number of hydrogen-bond donors (Lipinski definition) is 1. The third kappa shape index (κ3) is 3.03. The Labute approximate surface area is 173 Å². The summed E-state index contributed by atoms with van der Waals surface area (Å²) in [6.45, 7) is 1.21. The molecular weight excluding hydrogens is 390 g/mol. The van der Waals surface area contributed by atoms with Crippen LogP contribution < -0.4 is 5.32 Å². The number of halogens is 1. The number of hydrogen-bond acceptors (Lipinski definition) is 4. The van der Waals surface area contributed by atoms with Gasteiger partial charge in [-0.3, -0.25) is 14.6 Å². The normalized spacial score (nSPS) is 29.3. The molecule has 2 bridgehead atoms. The van der Waals surface area contributed by atoms with Crippen LogP contribution in [0.2, 0.25) is 5.02 Å². The lowest BCUT2D eigenvalue weighted by Gasteiger charge is -2.23. The van der Waals surface area contributed by atoms with Crippen LogP contribution in [0.3, 0.4) is 0 Å². The number of amides is 2. The average molecular weight is 410 g/mol. The fourth-order valence-corrected chi connectivity index (χ4v) is 4.85. The molecule has 2 amide bonds. The van der Waals surface area contributed by atoms with Crippen molar-refractivity contribution in [3.63, 3.8) is 0 Å². The summed E-state index contributed by atoms with van der Waals surface area (Å²) < 4.78 is 6.16. The van der Waals surface area contributed by atoms with Crippen LogP contribution in [0.1, 0.15) is 11.1 Å². The molecule has 7 heteroatoms. The second-order valence-corrected chi connectivity index (χ2v) is 8.17. The first-order valence-electron chi connectivity index (χ1n) is 9.63. The number of pyridine rings is 1. The third-order valence-electron chi connectivity index (χ3n) is 5.99. The van der Waals surface area contributed by atoms with Crippen molar-refractivity contribution in [1.82, 2.24) is 15.2 Å². The minimum atomic E-state index is -0.723. The zero-order valence-corrected chi connectivity index (χ0v) is 16.4. The van der Waals surface area contributed by atoms with Crippen LogP contribution in [0, 0.1) is 11.8 Å². The molecule has 0 aliphatic carbocycles. The van der Waals surface area contributed by atoms with Crippen LogP contribution in [-0.4, -0.2) is 39.9 Å². The fraction of sp³-hybridized carbons (Fsp3) is 0.318. The summed E-state index contributed by atoms with van der Waals surface area (Å²) in [6.07, 6.45) is 6.91. The minimum absolute atomic E-state index is 0.0571. The van der Waals surface area contributed by atoms with E-state index in [-0.39, 0.29) is 17.9 Å². The van der Waals surface area contributed by atoms with Gasteiger partial charge in [0.15, 0.2) is 0 Å². The summed E-state index contributed by atoms with van der Waals surface area (Å²) in [5.74, 6) is -1.25. The highest BCUT2D eigenvalue weighted by molar-refractivity contribution is 6.31. The van der Waals surface area contributed by atoms with Crippen LogP contribution in [0.15, 0.2) is 60.9 Å². The quantitative estimate of drug-likeness (QED) is 0.769. The number of ether oxygens (including phenoxy) is 1. The van der Waals surface area contributed by atoms with E-state index in [4.69, 9.17) is 16.3 Å². The van der Waals surface area contributed by atoms with Crippen LogP contribution in [0.25, 0.3) is 0 Å². The zero-order chi connectivity index (χ0) is 20.0. The Balaban J connectivity index is 1.34. The van der Waals surface area contributed by atoms with Gasteiger partial charge in [0.2, 0.25) is 11.8 Å². The van der Waals surface area contributed by atoms with Crippen LogP contribution in [-0.2, 0) is 27.4 Å². The number of likely N-dealkylation sites (tertiary alicyclic amines) is 1. The predicted molar refractivity (Wildman–Crippen MR) is 107 cm³/mol. The Hall–Kier alpha value is -2.70. The molecule has 4 atom stereocenters. The number of carbonyl (C=O) groups is 2. The molecule has 1 aromatic heterocycles. The average Bonchev–Trinajstić information content (AvgIpc) is 3.37. The molecule has 2 fully saturated rings. The van der Waals surface area contributed by atoms with Crippen molar-refractivity contribution in [3.8, 4) is 0 Å². The van der Waals surface area contributed by atoms with Crippen LogP contribution >= 0.6 is 11.6 Å². The van der Waals surface area contributed by atoms with E-state index in [1.54, 1.807) is 17.3 Å². The lowest BCUT2D eigenvalue weighted by molar-refractivity contribution is -0.137. The van der Waals surface area contributed by atoms with Crippen molar-refractivity contribution >= 4 is 23.4 Å². The first-order valence-corrected chi connectivity index (χ1v) is 10.0. The van der Waals surface area contributed by atoms with E-state index < -0.39 is 17.4 Å². The molecule has 5 rings (SSSR count). The maximum absolute atomic E-state index is 13.3. The topological polar surface area (TPSA) is 71.5 Å². The van der Waals surface area contributed by atoms with Crippen molar-refractivity contribution in [2.75, 3.05) is 6.54 Å². The van der Waals surface area contributed by atoms with Gasteiger partial charge in [-0.1, -0.05) is 48.0 Å². The molecule has 0 radical (unpaired) electrons. The molecule has 1 N–H and O–H groups in total. The van der Waals surface area contributed by atoms with E-state index in [0.717, 1.165) is 11.1 Å². The van der Waals surface area contributed by atoms with Gasteiger partial charge in [0.1, 0.15) is 5.60 Å². The summed E-state index contributed by atoms with van der Waals surface area (Å²) in [5.41, 5.74) is 1.07. The predicted octanol–water partition coefficient (Wildman–Crippen LogP) is 2.33. The lowest BCUT2D eigenvalue weighted by atomic mass is 9.77. The molecular formula is C22H20ClN3O3. The molecule has 148 valence electrons. The number of nitrogens with one attached hydrogen (secondary N) is 1. The van der Waals surface area contributed by atoms with E-state index in [0.29, 0.717) is 24.7 Å². The zero-order valence-electron chi connectivity index (χ0n) is 15.6. The van der Waals surface area contributed by atoms with Gasteiger partial charge in [0.05, 0.1) is 24.5 Å². The molecule has 4 heterocycles. The highest BCUT2D eigenvalue weighted by Gasteiger charge is 2.66. The van der Waals surface area contributed by atoms with Gasteiger partial charge in [-0.05, 0) is 23.3 Å². The van der Waals surface area contributed by atoms with E-state index in [1.807, 2.05) is 48.6 Å². The smallest absolute Gasteiger partial charge is 0.230 e. The Bertz CT molecular complexity index is 996. The highest BCUT2D eigenvalue weighted by atomic mass is 35.5. The number of nitrogens with zero attached hydrogens (tertiary/aromatic N) is 2. The van der Waals surface area contributed by atoms with Gasteiger partial charge >= 0.3 is 0 Å². The molecule has 29 heavy (non-hydrogen) atoms. The van der Waals surface area contributed by atoms with Gasteiger partial charge in [0, 0.05) is 30.5 Å². The largest absolute Gasteiger partial charge is 0.360 e. The van der Waals surface area contributed by atoms with Crippen molar-refractivity contribution < 1.29 is 14.3 Å². The standard InChI is InChI=1S/C22H20ClN3O3/c23-16-6-2-1-5-15(16)12-26-13-22-8-7-17(29-22)18(19(22)21(26)28)20(27)25-11-14-4-3-9-24-10-14/h1-10,17-19H,11-13H2,(H,25,27)/t17-,18-,19-,22+/m0/s1. The van der Waals surface area contributed by atoms with E-state index in [1.165, 1.54) is 0 Å². The fourth-order valence-electron chi connectivity index (χ4n) is 4.65. The number of rotatable bonds is 5. The van der Waals surface area contributed by atoms with E-state index >= 15 is 0 Å². The van der Waals surface area contributed by atoms with Crippen molar-refractivity contribution in [2.24, 2.45) is 11.8 Å². The molecule has 0 saturated carbocycles. The molecule has 2 aromatic rings.